The highest BCUT2D eigenvalue weighted by Gasteiger charge is 2.34. The second-order valence-electron chi connectivity index (χ2n) is 10.7. The molecule has 3 aromatic rings. The SMILES string of the molecule is CNC(=O)C(Cc1ccccc1)N(C)C(=O)C(Cc1ccc2ccccc2c1)N(C)C(=O)C=CCC(C)(C)N. The first kappa shape index (κ1) is 29.6. The Morgan fingerprint density at radius 3 is 2.10 bits per heavy atom. The van der Waals surface area contributed by atoms with Gasteiger partial charge in [-0.3, -0.25) is 14.4 Å². The molecule has 0 aromatic heterocycles. The Morgan fingerprint density at radius 2 is 1.46 bits per heavy atom. The van der Waals surface area contributed by atoms with Crippen molar-refractivity contribution in [3.05, 3.63) is 96.1 Å². The van der Waals surface area contributed by atoms with Crippen molar-refractivity contribution < 1.29 is 14.4 Å². The lowest BCUT2D eigenvalue weighted by Gasteiger charge is -2.34. The van der Waals surface area contributed by atoms with Gasteiger partial charge in [0, 0.05) is 39.5 Å². The molecule has 0 fully saturated rings. The van der Waals surface area contributed by atoms with Crippen LogP contribution < -0.4 is 11.1 Å². The summed E-state index contributed by atoms with van der Waals surface area (Å²) in [6.45, 7) is 3.77. The molecule has 0 heterocycles. The van der Waals surface area contributed by atoms with Gasteiger partial charge in [0.25, 0.3) is 0 Å². The maximum absolute atomic E-state index is 14.1. The molecule has 7 nitrogen and oxygen atoms in total. The first-order valence-corrected chi connectivity index (χ1v) is 13.2. The van der Waals surface area contributed by atoms with Crippen LogP contribution >= 0.6 is 0 Å². The molecular weight excluding hydrogens is 488 g/mol. The Kier molecular flexibility index (Phi) is 10.0. The van der Waals surface area contributed by atoms with Gasteiger partial charge >= 0.3 is 0 Å². The Balaban J connectivity index is 1.93. The van der Waals surface area contributed by atoms with Crippen LogP contribution in [0.15, 0.2) is 84.9 Å². The van der Waals surface area contributed by atoms with Crippen molar-refractivity contribution in [3.8, 4) is 0 Å². The summed E-state index contributed by atoms with van der Waals surface area (Å²) in [4.78, 5) is 43.1. The maximum atomic E-state index is 14.1. The topological polar surface area (TPSA) is 95.7 Å². The van der Waals surface area contributed by atoms with Crippen LogP contribution in [0, 0.1) is 0 Å². The van der Waals surface area contributed by atoms with E-state index in [1.165, 1.54) is 15.9 Å². The third-order valence-corrected chi connectivity index (χ3v) is 6.88. The number of amides is 3. The fraction of sp³-hybridized carbons (Fsp3) is 0.344. The smallest absolute Gasteiger partial charge is 0.246 e. The Hall–Kier alpha value is -3.97. The largest absolute Gasteiger partial charge is 0.357 e. The van der Waals surface area contributed by atoms with E-state index in [9.17, 15) is 14.4 Å². The predicted molar refractivity (Wildman–Crippen MR) is 157 cm³/mol. The van der Waals surface area contributed by atoms with E-state index < -0.39 is 17.6 Å². The molecule has 0 radical (unpaired) electrons. The molecule has 0 aliphatic carbocycles. The minimum Gasteiger partial charge on any atom is -0.357 e. The molecule has 0 spiro atoms. The summed E-state index contributed by atoms with van der Waals surface area (Å²) in [5, 5.41) is 4.84. The van der Waals surface area contributed by atoms with Gasteiger partial charge in [0.2, 0.25) is 17.7 Å². The number of hydrogen-bond acceptors (Lipinski definition) is 4. The van der Waals surface area contributed by atoms with Gasteiger partial charge in [0.15, 0.2) is 0 Å². The van der Waals surface area contributed by atoms with E-state index in [2.05, 4.69) is 5.32 Å². The van der Waals surface area contributed by atoms with E-state index in [1.807, 2.05) is 86.6 Å². The number of rotatable bonds is 11. The fourth-order valence-corrected chi connectivity index (χ4v) is 4.51. The summed E-state index contributed by atoms with van der Waals surface area (Å²) in [5.74, 6) is -0.874. The fourth-order valence-electron chi connectivity index (χ4n) is 4.51. The van der Waals surface area contributed by atoms with E-state index in [-0.39, 0.29) is 17.7 Å². The average molecular weight is 529 g/mol. The molecule has 0 saturated carbocycles. The van der Waals surface area contributed by atoms with Crippen molar-refractivity contribution >= 4 is 28.5 Å². The molecule has 7 heteroatoms. The van der Waals surface area contributed by atoms with Crippen molar-refractivity contribution in [2.45, 2.75) is 50.7 Å². The lowest BCUT2D eigenvalue weighted by molar-refractivity contribution is -0.146. The molecule has 0 bridgehead atoms. The van der Waals surface area contributed by atoms with Crippen LogP contribution in [-0.4, -0.2) is 66.3 Å². The zero-order chi connectivity index (χ0) is 28.6. The Bertz CT molecular complexity index is 1310. The summed E-state index contributed by atoms with van der Waals surface area (Å²) >= 11 is 0. The third-order valence-electron chi connectivity index (χ3n) is 6.88. The monoisotopic (exact) mass is 528 g/mol. The van der Waals surface area contributed by atoms with Crippen LogP contribution in [0.25, 0.3) is 10.8 Å². The van der Waals surface area contributed by atoms with Crippen LogP contribution in [0.4, 0.5) is 0 Å². The van der Waals surface area contributed by atoms with Gasteiger partial charge in [0.05, 0.1) is 0 Å². The van der Waals surface area contributed by atoms with Gasteiger partial charge in [-0.2, -0.15) is 0 Å². The second-order valence-corrected chi connectivity index (χ2v) is 10.7. The van der Waals surface area contributed by atoms with E-state index in [0.717, 1.165) is 21.9 Å². The van der Waals surface area contributed by atoms with Crippen LogP contribution in [0.2, 0.25) is 0 Å². The Labute approximate surface area is 231 Å². The van der Waals surface area contributed by atoms with E-state index in [0.29, 0.717) is 19.3 Å². The van der Waals surface area contributed by atoms with Crippen LogP contribution in [-0.2, 0) is 27.2 Å². The molecule has 3 rings (SSSR count). The van der Waals surface area contributed by atoms with Gasteiger partial charge in [-0.25, -0.2) is 0 Å². The zero-order valence-corrected chi connectivity index (χ0v) is 23.6. The first-order valence-electron chi connectivity index (χ1n) is 13.2. The highest BCUT2D eigenvalue weighted by molar-refractivity contribution is 5.95. The molecule has 0 aliphatic heterocycles. The van der Waals surface area contributed by atoms with Crippen molar-refractivity contribution in [1.29, 1.82) is 0 Å². The molecule has 0 aliphatic rings. The highest BCUT2D eigenvalue weighted by Crippen LogP contribution is 2.20. The molecule has 2 unspecified atom stereocenters. The van der Waals surface area contributed by atoms with Crippen LogP contribution in [0.1, 0.15) is 31.4 Å². The number of fused-ring (bicyclic) bond motifs is 1. The van der Waals surface area contributed by atoms with Gasteiger partial charge in [-0.05, 0) is 48.2 Å². The normalized spacial score (nSPS) is 13.2. The third kappa shape index (κ3) is 8.26. The number of nitrogens with one attached hydrogen (secondary N) is 1. The average Bonchev–Trinajstić information content (AvgIpc) is 2.92. The molecule has 39 heavy (non-hydrogen) atoms. The van der Waals surface area contributed by atoms with E-state index in [1.54, 1.807) is 27.2 Å². The summed E-state index contributed by atoms with van der Waals surface area (Å²) in [5.41, 5.74) is 7.47. The van der Waals surface area contributed by atoms with E-state index >= 15 is 0 Å². The summed E-state index contributed by atoms with van der Waals surface area (Å²) in [6, 6.07) is 22.1. The van der Waals surface area contributed by atoms with Gasteiger partial charge in [-0.15, -0.1) is 0 Å². The van der Waals surface area contributed by atoms with Crippen molar-refractivity contribution in [3.63, 3.8) is 0 Å². The standard InChI is InChI=1S/C32H40N4O3/c1-32(2,33)19-11-16-29(37)35(4)28(22-24-17-18-25-14-9-10-15-26(25)20-24)31(39)36(5)27(30(38)34-3)21-23-12-7-6-8-13-23/h6-18,20,27-28H,19,21-22,33H2,1-5H3,(H,34,38). The number of hydrogen-bond donors (Lipinski definition) is 2. The molecule has 3 amide bonds. The minimum absolute atomic E-state index is 0.266. The van der Waals surface area contributed by atoms with Gasteiger partial charge < -0.3 is 20.9 Å². The number of likely N-dealkylation sites (N-methyl/N-ethyl adjacent to an activating group) is 3. The first-order chi connectivity index (χ1) is 18.5. The number of nitrogens with zero attached hydrogens (tertiary/aromatic N) is 2. The molecule has 3 aromatic carbocycles. The second kappa shape index (κ2) is 13.2. The summed E-state index contributed by atoms with van der Waals surface area (Å²) in [6.07, 6.45) is 4.39. The Morgan fingerprint density at radius 1 is 0.846 bits per heavy atom. The molecule has 2 atom stereocenters. The molecular formula is C32H40N4O3. The number of carbonyl (C=O) groups is 3. The van der Waals surface area contributed by atoms with Crippen molar-refractivity contribution in [1.82, 2.24) is 15.1 Å². The van der Waals surface area contributed by atoms with Crippen molar-refractivity contribution in [2.75, 3.05) is 21.1 Å². The molecule has 206 valence electrons. The van der Waals surface area contributed by atoms with Gasteiger partial charge in [-0.1, -0.05) is 78.9 Å². The molecule has 0 saturated heterocycles. The lowest BCUT2D eigenvalue weighted by atomic mass is 9.98. The highest BCUT2D eigenvalue weighted by atomic mass is 16.2. The molecule has 3 N–H and O–H groups in total. The van der Waals surface area contributed by atoms with Gasteiger partial charge in [0.1, 0.15) is 12.1 Å². The van der Waals surface area contributed by atoms with E-state index in [4.69, 9.17) is 5.73 Å². The zero-order valence-electron chi connectivity index (χ0n) is 23.6. The lowest BCUT2D eigenvalue weighted by Crippen LogP contribution is -2.55. The number of carbonyl (C=O) groups excluding carboxylic acids is 3. The maximum Gasteiger partial charge on any atom is 0.246 e. The number of benzene rings is 3. The van der Waals surface area contributed by atoms with Crippen molar-refractivity contribution in [2.24, 2.45) is 5.73 Å². The predicted octanol–water partition coefficient (Wildman–Crippen LogP) is 3.71. The summed E-state index contributed by atoms with van der Waals surface area (Å²) in [7, 11) is 4.82. The minimum atomic E-state index is -0.817. The quantitative estimate of drug-likeness (QED) is 0.371. The van der Waals surface area contributed by atoms with Crippen LogP contribution in [0.3, 0.4) is 0 Å². The number of nitrogens with two attached hydrogens (primary N) is 1. The summed E-state index contributed by atoms with van der Waals surface area (Å²) < 4.78 is 0. The van der Waals surface area contributed by atoms with Crippen LogP contribution in [0.5, 0.6) is 0 Å².